The topological polar surface area (TPSA) is 67.2 Å². The first kappa shape index (κ1) is 19.1. The van der Waals surface area contributed by atoms with E-state index in [1.165, 1.54) is 10.7 Å². The Morgan fingerprint density at radius 3 is 2.72 bits per heavy atom. The third-order valence-corrected chi connectivity index (χ3v) is 4.40. The molecule has 1 N–H and O–H groups in total. The lowest BCUT2D eigenvalue weighted by Crippen LogP contribution is -2.48. The van der Waals surface area contributed by atoms with Crippen molar-refractivity contribution in [1.29, 1.82) is 0 Å². The van der Waals surface area contributed by atoms with Crippen LogP contribution in [0.3, 0.4) is 0 Å². The Kier molecular flexibility index (Phi) is 6.73. The van der Waals surface area contributed by atoms with E-state index in [9.17, 15) is 9.59 Å². The first-order valence-electron chi connectivity index (χ1n) is 8.26. The van der Waals surface area contributed by atoms with Crippen LogP contribution in [0.25, 0.3) is 11.3 Å². The van der Waals surface area contributed by atoms with Crippen LogP contribution in [0.15, 0.2) is 47.3 Å². The van der Waals surface area contributed by atoms with Crippen LogP contribution < -0.4 is 10.9 Å². The highest BCUT2D eigenvalue weighted by Crippen LogP contribution is 2.14. The molecule has 2 aromatic rings. The molecule has 25 heavy (non-hydrogen) atoms. The molecule has 0 aliphatic carbocycles. The number of amides is 1. The summed E-state index contributed by atoms with van der Waals surface area (Å²) in [5.41, 5.74) is 1.35. The minimum Gasteiger partial charge on any atom is -0.340 e. The molecule has 1 aliphatic heterocycles. The van der Waals surface area contributed by atoms with Crippen LogP contribution in [0.5, 0.6) is 0 Å². The predicted molar refractivity (Wildman–Crippen MR) is 99.8 cm³/mol. The van der Waals surface area contributed by atoms with Gasteiger partial charge in [-0.15, -0.1) is 12.4 Å². The summed E-state index contributed by atoms with van der Waals surface area (Å²) in [6.07, 6.45) is 2.05. The Bertz CT molecular complexity index is 763. The number of nitrogens with zero attached hydrogens (tertiary/aromatic N) is 3. The van der Waals surface area contributed by atoms with E-state index in [-0.39, 0.29) is 30.4 Å². The monoisotopic (exact) mass is 362 g/mol. The van der Waals surface area contributed by atoms with Crippen molar-refractivity contribution in [3.63, 3.8) is 0 Å². The molecule has 1 unspecified atom stereocenters. The number of benzene rings is 1. The fourth-order valence-electron chi connectivity index (χ4n) is 2.99. The molecule has 2 heterocycles. The predicted octanol–water partition coefficient (Wildman–Crippen LogP) is 1.54. The minimum absolute atomic E-state index is 0. The van der Waals surface area contributed by atoms with Crippen LogP contribution in [0, 0.1) is 0 Å². The van der Waals surface area contributed by atoms with E-state index < -0.39 is 0 Å². The summed E-state index contributed by atoms with van der Waals surface area (Å²) in [4.78, 5) is 26.4. The third-order valence-electron chi connectivity index (χ3n) is 4.40. The summed E-state index contributed by atoms with van der Waals surface area (Å²) in [7, 11) is 1.91. The highest BCUT2D eigenvalue weighted by atomic mass is 35.5. The molecule has 1 saturated heterocycles. The maximum absolute atomic E-state index is 12.5. The number of hydrogen-bond acceptors (Lipinski definition) is 4. The van der Waals surface area contributed by atoms with Gasteiger partial charge >= 0.3 is 0 Å². The van der Waals surface area contributed by atoms with Gasteiger partial charge in [-0.2, -0.15) is 5.10 Å². The Hall–Kier alpha value is -2.18. The highest BCUT2D eigenvalue weighted by molar-refractivity contribution is 5.85. The largest absolute Gasteiger partial charge is 0.340 e. The van der Waals surface area contributed by atoms with Gasteiger partial charge in [0.2, 0.25) is 5.91 Å². The van der Waals surface area contributed by atoms with E-state index >= 15 is 0 Å². The molecule has 1 aromatic carbocycles. The average Bonchev–Trinajstić information content (AvgIpc) is 2.64. The third kappa shape index (κ3) is 4.67. The molecule has 0 bridgehead atoms. The van der Waals surface area contributed by atoms with E-state index in [2.05, 4.69) is 10.4 Å². The molecular formula is C18H23ClN4O2. The second-order valence-electron chi connectivity index (χ2n) is 6.05. The molecule has 1 fully saturated rings. The summed E-state index contributed by atoms with van der Waals surface area (Å²) in [5.74, 6) is -0.0604. The fraction of sp³-hybridized carbons (Fsp3) is 0.389. The van der Waals surface area contributed by atoms with Crippen LogP contribution >= 0.6 is 12.4 Å². The highest BCUT2D eigenvalue weighted by Gasteiger charge is 2.23. The standard InChI is InChI=1S/C18H22N4O2.ClH/c1-19-15-8-5-11-21(12-15)18(24)13-22-17(23)10-9-16(20-22)14-6-3-2-4-7-14;/h2-4,6-7,9-10,15,19H,5,8,11-13H2,1H3;1H. The van der Waals surface area contributed by atoms with Crippen LogP contribution in [0.4, 0.5) is 0 Å². The number of carbonyl (C=O) groups is 1. The molecule has 1 aromatic heterocycles. The van der Waals surface area contributed by atoms with Crippen LogP contribution in [-0.4, -0.2) is 46.8 Å². The summed E-state index contributed by atoms with van der Waals surface area (Å²) in [5, 5.41) is 7.57. The van der Waals surface area contributed by atoms with Gasteiger partial charge in [-0.25, -0.2) is 4.68 Å². The van der Waals surface area contributed by atoms with Crippen LogP contribution in [0.1, 0.15) is 12.8 Å². The zero-order valence-corrected chi connectivity index (χ0v) is 15.0. The van der Waals surface area contributed by atoms with Gasteiger partial charge in [0.25, 0.3) is 5.56 Å². The van der Waals surface area contributed by atoms with Crippen LogP contribution in [0.2, 0.25) is 0 Å². The molecule has 6 nitrogen and oxygen atoms in total. The van der Waals surface area contributed by atoms with Gasteiger partial charge in [0.1, 0.15) is 6.54 Å². The van der Waals surface area contributed by atoms with Gasteiger partial charge in [-0.05, 0) is 26.0 Å². The number of nitrogens with one attached hydrogen (secondary N) is 1. The van der Waals surface area contributed by atoms with Crippen molar-refractivity contribution in [2.24, 2.45) is 0 Å². The first-order chi connectivity index (χ1) is 11.7. The molecule has 0 radical (unpaired) electrons. The fourth-order valence-corrected chi connectivity index (χ4v) is 2.99. The van der Waals surface area contributed by atoms with Gasteiger partial charge in [0.05, 0.1) is 5.69 Å². The van der Waals surface area contributed by atoms with Gasteiger partial charge in [-0.1, -0.05) is 30.3 Å². The summed E-state index contributed by atoms with van der Waals surface area (Å²) >= 11 is 0. The maximum Gasteiger partial charge on any atom is 0.267 e. The average molecular weight is 363 g/mol. The van der Waals surface area contributed by atoms with Gasteiger partial charge < -0.3 is 10.2 Å². The van der Waals surface area contributed by atoms with Gasteiger partial charge in [-0.3, -0.25) is 9.59 Å². The van der Waals surface area contributed by atoms with Crippen molar-refractivity contribution in [1.82, 2.24) is 20.0 Å². The van der Waals surface area contributed by atoms with Crippen LogP contribution in [-0.2, 0) is 11.3 Å². The molecule has 1 aliphatic rings. The molecule has 134 valence electrons. The number of hydrogen-bond donors (Lipinski definition) is 1. The van der Waals surface area contributed by atoms with Gasteiger partial charge in [0, 0.05) is 30.8 Å². The molecule has 7 heteroatoms. The quantitative estimate of drug-likeness (QED) is 0.896. The van der Waals surface area contributed by atoms with E-state index in [0.29, 0.717) is 18.3 Å². The van der Waals surface area contributed by atoms with E-state index in [0.717, 1.165) is 24.9 Å². The van der Waals surface area contributed by atoms with Crippen molar-refractivity contribution in [3.8, 4) is 11.3 Å². The number of rotatable bonds is 4. The van der Waals surface area contributed by atoms with Crippen molar-refractivity contribution in [3.05, 3.63) is 52.8 Å². The van der Waals surface area contributed by atoms with Crippen molar-refractivity contribution >= 4 is 18.3 Å². The SMILES string of the molecule is CNC1CCCN(C(=O)Cn2nc(-c3ccccc3)ccc2=O)C1.Cl. The molecule has 0 spiro atoms. The van der Waals surface area contributed by atoms with E-state index in [4.69, 9.17) is 0 Å². The lowest BCUT2D eigenvalue weighted by Gasteiger charge is -2.32. The Morgan fingerprint density at radius 2 is 2.00 bits per heavy atom. The molecular weight excluding hydrogens is 340 g/mol. The Balaban J connectivity index is 0.00000225. The maximum atomic E-state index is 12.5. The lowest BCUT2D eigenvalue weighted by molar-refractivity contribution is -0.133. The zero-order valence-electron chi connectivity index (χ0n) is 14.2. The molecule has 1 atom stereocenters. The molecule has 0 saturated carbocycles. The summed E-state index contributed by atoms with van der Waals surface area (Å²) < 4.78 is 1.26. The molecule has 3 rings (SSSR count). The number of piperidine rings is 1. The van der Waals surface area contributed by atoms with E-state index in [1.54, 1.807) is 6.07 Å². The van der Waals surface area contributed by atoms with Gasteiger partial charge in [0.15, 0.2) is 0 Å². The molecule has 1 amide bonds. The Morgan fingerprint density at radius 1 is 1.24 bits per heavy atom. The second-order valence-corrected chi connectivity index (χ2v) is 6.05. The normalized spacial score (nSPS) is 17.0. The smallest absolute Gasteiger partial charge is 0.267 e. The summed E-state index contributed by atoms with van der Waals surface area (Å²) in [6.45, 7) is 1.41. The number of likely N-dealkylation sites (N-methyl/N-ethyl adjacent to an activating group) is 1. The van der Waals surface area contributed by atoms with Crippen molar-refractivity contribution in [2.45, 2.75) is 25.4 Å². The number of aromatic nitrogens is 2. The number of likely N-dealkylation sites (tertiary alicyclic amines) is 1. The van der Waals surface area contributed by atoms with E-state index in [1.807, 2.05) is 42.3 Å². The number of carbonyl (C=O) groups excluding carboxylic acids is 1. The zero-order chi connectivity index (χ0) is 16.9. The second kappa shape index (κ2) is 8.78. The van der Waals surface area contributed by atoms with Crippen molar-refractivity contribution < 1.29 is 4.79 Å². The first-order valence-corrected chi connectivity index (χ1v) is 8.26. The lowest BCUT2D eigenvalue weighted by atomic mass is 10.1. The number of halogens is 1. The summed E-state index contributed by atoms with van der Waals surface area (Å²) in [6, 6.07) is 13.1. The minimum atomic E-state index is -0.259. The Labute approximate surface area is 153 Å². The van der Waals surface area contributed by atoms with Crippen molar-refractivity contribution in [2.75, 3.05) is 20.1 Å².